The Balaban J connectivity index is 1.93. The molecule has 2 atom stereocenters. The predicted molar refractivity (Wildman–Crippen MR) is 93.3 cm³/mol. The molecular weight excluding hydrogens is 272 g/mol. The van der Waals surface area contributed by atoms with E-state index in [1.165, 1.54) is 5.56 Å². The molecular formula is C19H24N2O. The molecule has 0 aliphatic rings. The van der Waals surface area contributed by atoms with Crippen LogP contribution in [0, 0.1) is 0 Å². The largest absolute Gasteiger partial charge is 0.374 e. The molecule has 2 aromatic carbocycles. The summed E-state index contributed by atoms with van der Waals surface area (Å²) in [5, 5.41) is 6.13. The van der Waals surface area contributed by atoms with E-state index >= 15 is 0 Å². The lowest BCUT2D eigenvalue weighted by atomic mass is 9.98. The van der Waals surface area contributed by atoms with Gasteiger partial charge in [0, 0.05) is 11.4 Å². The van der Waals surface area contributed by atoms with Crippen molar-refractivity contribution in [3.63, 3.8) is 0 Å². The molecule has 0 heterocycles. The van der Waals surface area contributed by atoms with Gasteiger partial charge in [-0.15, -0.1) is 0 Å². The maximum Gasteiger partial charge on any atom is 0.246 e. The third-order valence-electron chi connectivity index (χ3n) is 3.91. The number of benzene rings is 2. The van der Waals surface area contributed by atoms with Crippen LogP contribution < -0.4 is 10.6 Å². The third-order valence-corrected chi connectivity index (χ3v) is 3.91. The van der Waals surface area contributed by atoms with Crippen LogP contribution in [0.1, 0.15) is 38.7 Å². The first-order chi connectivity index (χ1) is 10.6. The molecule has 3 nitrogen and oxygen atoms in total. The van der Waals surface area contributed by atoms with Crippen LogP contribution in [0.4, 0.5) is 11.4 Å². The highest BCUT2D eigenvalue weighted by molar-refractivity contribution is 5.96. The number of carbonyl (C=O) groups excluding carboxylic acids is 1. The Morgan fingerprint density at radius 3 is 2.18 bits per heavy atom. The zero-order valence-corrected chi connectivity index (χ0v) is 13.5. The molecule has 0 aliphatic heterocycles. The number of amides is 1. The number of hydrogen-bond donors (Lipinski definition) is 2. The van der Waals surface area contributed by atoms with E-state index in [4.69, 9.17) is 0 Å². The maximum atomic E-state index is 12.2. The number of carbonyl (C=O) groups is 1. The van der Waals surface area contributed by atoms with E-state index in [9.17, 15) is 4.79 Å². The molecule has 2 rings (SSSR count). The highest BCUT2D eigenvalue weighted by Gasteiger charge is 2.12. The molecule has 116 valence electrons. The number of rotatable bonds is 6. The summed E-state index contributed by atoms with van der Waals surface area (Å²) in [5.74, 6) is 0.519. The van der Waals surface area contributed by atoms with Gasteiger partial charge in [-0.25, -0.2) is 0 Å². The minimum atomic E-state index is -0.297. The van der Waals surface area contributed by atoms with Gasteiger partial charge in [-0.3, -0.25) is 4.79 Å². The Hall–Kier alpha value is -2.29. The number of para-hydroxylation sites is 1. The summed E-state index contributed by atoms with van der Waals surface area (Å²) in [6, 6.07) is 17.5. The Bertz CT molecular complexity index is 593. The van der Waals surface area contributed by atoms with E-state index in [0.29, 0.717) is 5.92 Å². The summed E-state index contributed by atoms with van der Waals surface area (Å²) in [4.78, 5) is 12.2. The van der Waals surface area contributed by atoms with Gasteiger partial charge in [0.25, 0.3) is 0 Å². The number of hydrogen-bond acceptors (Lipinski definition) is 2. The van der Waals surface area contributed by atoms with Crippen LogP contribution in [0.5, 0.6) is 0 Å². The van der Waals surface area contributed by atoms with Gasteiger partial charge in [0.2, 0.25) is 5.91 Å². The molecule has 0 radical (unpaired) electrons. The lowest BCUT2D eigenvalue weighted by molar-refractivity contribution is -0.116. The SMILES string of the molecule is CC[C@H](C)c1ccc(N[C@@H](C)C(=O)Nc2ccccc2)cc1. The molecule has 3 heteroatoms. The minimum absolute atomic E-state index is 0.0443. The highest BCUT2D eigenvalue weighted by atomic mass is 16.2. The first-order valence-electron chi connectivity index (χ1n) is 7.82. The van der Waals surface area contributed by atoms with E-state index < -0.39 is 0 Å². The van der Waals surface area contributed by atoms with Crippen LogP contribution in [0.3, 0.4) is 0 Å². The minimum Gasteiger partial charge on any atom is -0.374 e. The summed E-state index contributed by atoms with van der Waals surface area (Å²) in [6.07, 6.45) is 1.13. The maximum absolute atomic E-state index is 12.2. The van der Waals surface area contributed by atoms with Crippen LogP contribution >= 0.6 is 0 Å². The Morgan fingerprint density at radius 1 is 0.955 bits per heavy atom. The summed E-state index contributed by atoms with van der Waals surface area (Å²) in [7, 11) is 0. The van der Waals surface area contributed by atoms with Crippen LogP contribution in [-0.4, -0.2) is 11.9 Å². The monoisotopic (exact) mass is 296 g/mol. The van der Waals surface area contributed by atoms with Gasteiger partial charge in [0.1, 0.15) is 6.04 Å². The normalized spacial score (nSPS) is 13.2. The Morgan fingerprint density at radius 2 is 1.59 bits per heavy atom. The van der Waals surface area contributed by atoms with Gasteiger partial charge in [0.15, 0.2) is 0 Å². The first-order valence-corrected chi connectivity index (χ1v) is 7.82. The van der Waals surface area contributed by atoms with Gasteiger partial charge >= 0.3 is 0 Å². The second-order valence-corrected chi connectivity index (χ2v) is 5.65. The molecule has 0 saturated heterocycles. The fourth-order valence-electron chi connectivity index (χ4n) is 2.23. The topological polar surface area (TPSA) is 41.1 Å². The molecule has 0 aromatic heterocycles. The smallest absolute Gasteiger partial charge is 0.246 e. The fourth-order valence-corrected chi connectivity index (χ4v) is 2.23. The van der Waals surface area contributed by atoms with E-state index in [1.54, 1.807) is 0 Å². The van der Waals surface area contributed by atoms with E-state index in [1.807, 2.05) is 49.4 Å². The highest BCUT2D eigenvalue weighted by Crippen LogP contribution is 2.20. The van der Waals surface area contributed by atoms with E-state index in [0.717, 1.165) is 17.8 Å². The van der Waals surface area contributed by atoms with Gasteiger partial charge in [-0.1, -0.05) is 44.2 Å². The average Bonchev–Trinajstić information content (AvgIpc) is 2.55. The molecule has 0 unspecified atom stereocenters. The molecule has 0 spiro atoms. The molecule has 0 bridgehead atoms. The molecule has 1 amide bonds. The van der Waals surface area contributed by atoms with Crippen molar-refractivity contribution < 1.29 is 4.79 Å². The van der Waals surface area contributed by atoms with Crippen LogP contribution in [-0.2, 0) is 4.79 Å². The fraction of sp³-hybridized carbons (Fsp3) is 0.316. The molecule has 0 aliphatic carbocycles. The summed E-state index contributed by atoms with van der Waals surface area (Å²) < 4.78 is 0. The van der Waals surface area contributed by atoms with E-state index in [2.05, 4.69) is 36.6 Å². The molecule has 0 saturated carbocycles. The van der Waals surface area contributed by atoms with Crippen LogP contribution in [0.15, 0.2) is 54.6 Å². The van der Waals surface area contributed by atoms with Crippen molar-refractivity contribution in [2.75, 3.05) is 10.6 Å². The quantitative estimate of drug-likeness (QED) is 0.815. The lowest BCUT2D eigenvalue weighted by Crippen LogP contribution is -2.31. The van der Waals surface area contributed by atoms with Gasteiger partial charge in [-0.2, -0.15) is 0 Å². The summed E-state index contributed by atoms with van der Waals surface area (Å²) >= 11 is 0. The zero-order valence-electron chi connectivity index (χ0n) is 13.5. The van der Waals surface area contributed by atoms with Crippen molar-refractivity contribution in [2.24, 2.45) is 0 Å². The lowest BCUT2D eigenvalue weighted by Gasteiger charge is -2.16. The first kappa shape index (κ1) is 16.1. The van der Waals surface area contributed by atoms with Crippen molar-refractivity contribution in [1.82, 2.24) is 0 Å². The summed E-state index contributed by atoms with van der Waals surface area (Å²) in [5.41, 5.74) is 3.10. The standard InChI is InChI=1S/C19H24N2O/c1-4-14(2)16-10-12-18(13-11-16)20-15(3)19(22)21-17-8-6-5-7-9-17/h5-15,20H,4H2,1-3H3,(H,21,22)/t14-,15-/m0/s1. The van der Waals surface area contributed by atoms with Gasteiger partial charge < -0.3 is 10.6 Å². The van der Waals surface area contributed by atoms with Crippen molar-refractivity contribution in [3.8, 4) is 0 Å². The zero-order chi connectivity index (χ0) is 15.9. The van der Waals surface area contributed by atoms with Crippen molar-refractivity contribution >= 4 is 17.3 Å². The van der Waals surface area contributed by atoms with Gasteiger partial charge in [0.05, 0.1) is 0 Å². The van der Waals surface area contributed by atoms with E-state index in [-0.39, 0.29) is 11.9 Å². The van der Waals surface area contributed by atoms with Crippen molar-refractivity contribution in [2.45, 2.75) is 39.2 Å². The Kier molecular flexibility index (Phi) is 5.59. The van der Waals surface area contributed by atoms with Crippen molar-refractivity contribution in [3.05, 3.63) is 60.2 Å². The predicted octanol–water partition coefficient (Wildman–Crippen LogP) is 4.64. The Labute approximate surface area is 132 Å². The second kappa shape index (κ2) is 7.64. The average molecular weight is 296 g/mol. The summed E-state index contributed by atoms with van der Waals surface area (Å²) in [6.45, 7) is 6.27. The molecule has 2 aromatic rings. The van der Waals surface area contributed by atoms with Gasteiger partial charge in [-0.05, 0) is 49.1 Å². The van der Waals surface area contributed by atoms with Crippen LogP contribution in [0.25, 0.3) is 0 Å². The van der Waals surface area contributed by atoms with Crippen molar-refractivity contribution in [1.29, 1.82) is 0 Å². The second-order valence-electron chi connectivity index (χ2n) is 5.65. The third kappa shape index (κ3) is 4.35. The molecule has 2 N–H and O–H groups in total. The number of nitrogens with one attached hydrogen (secondary N) is 2. The van der Waals surface area contributed by atoms with Crippen LogP contribution in [0.2, 0.25) is 0 Å². The number of anilines is 2. The molecule has 0 fully saturated rings. The molecule has 22 heavy (non-hydrogen) atoms.